The highest BCUT2D eigenvalue weighted by Gasteiger charge is 2.25. The van der Waals surface area contributed by atoms with Crippen molar-refractivity contribution in [3.63, 3.8) is 0 Å². The van der Waals surface area contributed by atoms with Crippen LogP contribution in [0.1, 0.15) is 12.0 Å². The zero-order valence-electron chi connectivity index (χ0n) is 13.3. The Kier molecular flexibility index (Phi) is 3.94. The number of anilines is 1. The van der Waals surface area contributed by atoms with E-state index in [0.717, 1.165) is 47.7 Å². The quantitative estimate of drug-likeness (QED) is 0.728. The molecule has 24 heavy (non-hydrogen) atoms. The summed E-state index contributed by atoms with van der Waals surface area (Å²) in [7, 11) is 0. The van der Waals surface area contributed by atoms with Crippen LogP contribution in [0.5, 0.6) is 5.75 Å². The molecule has 5 nitrogen and oxygen atoms in total. The van der Waals surface area contributed by atoms with E-state index in [9.17, 15) is 0 Å². The van der Waals surface area contributed by atoms with Crippen molar-refractivity contribution in [2.75, 3.05) is 18.0 Å². The second-order valence-corrected chi connectivity index (χ2v) is 6.41. The van der Waals surface area contributed by atoms with Gasteiger partial charge in [-0.2, -0.15) is 0 Å². The van der Waals surface area contributed by atoms with E-state index >= 15 is 0 Å². The van der Waals surface area contributed by atoms with Crippen LogP contribution in [0.3, 0.4) is 0 Å². The highest BCUT2D eigenvalue weighted by atomic mass is 35.5. The molecule has 3 aromatic rings. The van der Waals surface area contributed by atoms with E-state index in [1.165, 1.54) is 0 Å². The Morgan fingerprint density at radius 2 is 2.12 bits per heavy atom. The van der Waals surface area contributed by atoms with Crippen molar-refractivity contribution in [2.45, 2.75) is 19.4 Å². The van der Waals surface area contributed by atoms with Crippen LogP contribution in [0.25, 0.3) is 11.0 Å². The summed E-state index contributed by atoms with van der Waals surface area (Å²) in [6, 6.07) is 7.48. The van der Waals surface area contributed by atoms with Gasteiger partial charge < -0.3 is 9.64 Å². The maximum absolute atomic E-state index is 6.11. The van der Waals surface area contributed by atoms with Crippen LogP contribution in [0.4, 0.5) is 5.82 Å². The monoisotopic (exact) mass is 340 g/mol. The average molecular weight is 341 g/mol. The van der Waals surface area contributed by atoms with Gasteiger partial charge in [-0.25, -0.2) is 4.98 Å². The molecular formula is C18H17ClN4O. The molecule has 6 heteroatoms. The molecule has 1 aromatic carbocycles. The minimum Gasteiger partial charge on any atom is -0.488 e. The second-order valence-electron chi connectivity index (χ2n) is 5.98. The number of nitrogens with zero attached hydrogens (tertiary/aromatic N) is 4. The van der Waals surface area contributed by atoms with Gasteiger partial charge in [-0.15, -0.1) is 0 Å². The Labute approximate surface area is 145 Å². The molecular weight excluding hydrogens is 324 g/mol. The summed E-state index contributed by atoms with van der Waals surface area (Å²) in [6.45, 7) is 3.72. The fourth-order valence-corrected chi connectivity index (χ4v) is 3.10. The molecule has 1 saturated heterocycles. The van der Waals surface area contributed by atoms with Crippen LogP contribution >= 0.6 is 11.6 Å². The molecule has 0 radical (unpaired) electrons. The zero-order valence-corrected chi connectivity index (χ0v) is 14.1. The van der Waals surface area contributed by atoms with Gasteiger partial charge in [-0.1, -0.05) is 11.6 Å². The number of pyridine rings is 1. The van der Waals surface area contributed by atoms with Crippen molar-refractivity contribution in [3.8, 4) is 5.75 Å². The van der Waals surface area contributed by atoms with Gasteiger partial charge in [-0.05, 0) is 31.2 Å². The highest BCUT2D eigenvalue weighted by Crippen LogP contribution is 2.25. The predicted molar refractivity (Wildman–Crippen MR) is 94.8 cm³/mol. The first-order valence-corrected chi connectivity index (χ1v) is 8.31. The van der Waals surface area contributed by atoms with E-state index in [0.29, 0.717) is 5.02 Å². The van der Waals surface area contributed by atoms with Crippen molar-refractivity contribution >= 4 is 28.5 Å². The molecule has 122 valence electrons. The Morgan fingerprint density at radius 3 is 3.00 bits per heavy atom. The van der Waals surface area contributed by atoms with Gasteiger partial charge in [0, 0.05) is 35.9 Å². The zero-order chi connectivity index (χ0) is 16.5. The fourth-order valence-electron chi connectivity index (χ4n) is 2.93. The number of benzene rings is 1. The number of ether oxygens (including phenoxy) is 1. The maximum Gasteiger partial charge on any atom is 0.147 e. The molecule has 0 saturated carbocycles. The van der Waals surface area contributed by atoms with Gasteiger partial charge in [0.25, 0.3) is 0 Å². The number of fused-ring (bicyclic) bond motifs is 1. The lowest BCUT2D eigenvalue weighted by Gasteiger charge is -2.18. The minimum atomic E-state index is 0.147. The Hall–Kier alpha value is -2.40. The first-order chi connectivity index (χ1) is 11.7. The molecule has 1 aliphatic heterocycles. The number of hydrogen-bond acceptors (Lipinski definition) is 5. The SMILES string of the molecule is Cc1cnccc1OC1CCN(c2cnc3cc(Cl)ccc3n2)C1. The van der Waals surface area contributed by atoms with Crippen LogP contribution in [0.15, 0.2) is 42.9 Å². The topological polar surface area (TPSA) is 51.1 Å². The smallest absolute Gasteiger partial charge is 0.147 e. The van der Waals surface area contributed by atoms with Gasteiger partial charge >= 0.3 is 0 Å². The molecule has 1 fully saturated rings. The fraction of sp³-hybridized carbons (Fsp3) is 0.278. The molecule has 0 spiro atoms. The van der Waals surface area contributed by atoms with E-state index in [1.54, 1.807) is 12.4 Å². The summed E-state index contributed by atoms with van der Waals surface area (Å²) in [4.78, 5) is 15.5. The molecule has 1 aliphatic rings. The third-order valence-electron chi connectivity index (χ3n) is 4.22. The van der Waals surface area contributed by atoms with E-state index in [-0.39, 0.29) is 6.10 Å². The van der Waals surface area contributed by atoms with E-state index in [2.05, 4.69) is 14.9 Å². The number of hydrogen-bond donors (Lipinski definition) is 0. The standard InChI is InChI=1S/C18H17ClN4O/c1-12-9-20-6-4-17(12)24-14-5-7-23(11-14)18-10-21-16-8-13(19)2-3-15(16)22-18/h2-4,6,8-10,14H,5,7,11H2,1H3. The molecule has 0 amide bonds. The highest BCUT2D eigenvalue weighted by molar-refractivity contribution is 6.31. The van der Waals surface area contributed by atoms with Crippen molar-refractivity contribution in [1.82, 2.24) is 15.0 Å². The van der Waals surface area contributed by atoms with Crippen LogP contribution < -0.4 is 9.64 Å². The van der Waals surface area contributed by atoms with Gasteiger partial charge in [0.1, 0.15) is 17.7 Å². The Bertz CT molecular complexity index is 886. The predicted octanol–water partition coefficient (Wildman–Crippen LogP) is 3.64. The minimum absolute atomic E-state index is 0.147. The Morgan fingerprint density at radius 1 is 1.21 bits per heavy atom. The number of aromatic nitrogens is 3. The number of halogens is 1. The molecule has 3 heterocycles. The lowest BCUT2D eigenvalue weighted by Crippen LogP contribution is -2.25. The Balaban J connectivity index is 1.50. The molecule has 4 rings (SSSR count). The van der Waals surface area contributed by atoms with Crippen LogP contribution in [0.2, 0.25) is 5.02 Å². The van der Waals surface area contributed by atoms with E-state index in [1.807, 2.05) is 37.4 Å². The van der Waals surface area contributed by atoms with Gasteiger partial charge in [0.05, 0.1) is 23.8 Å². The lowest BCUT2D eigenvalue weighted by molar-refractivity contribution is 0.223. The van der Waals surface area contributed by atoms with E-state index in [4.69, 9.17) is 21.3 Å². The van der Waals surface area contributed by atoms with Crippen molar-refractivity contribution in [2.24, 2.45) is 0 Å². The third-order valence-corrected chi connectivity index (χ3v) is 4.46. The van der Waals surface area contributed by atoms with Crippen LogP contribution in [0, 0.1) is 6.92 Å². The maximum atomic E-state index is 6.11. The molecule has 1 unspecified atom stereocenters. The molecule has 2 aromatic heterocycles. The average Bonchev–Trinajstić information content (AvgIpc) is 3.05. The first-order valence-electron chi connectivity index (χ1n) is 7.93. The van der Waals surface area contributed by atoms with E-state index < -0.39 is 0 Å². The van der Waals surface area contributed by atoms with Gasteiger partial charge in [0.2, 0.25) is 0 Å². The molecule has 0 bridgehead atoms. The summed E-state index contributed by atoms with van der Waals surface area (Å²) in [6.07, 6.45) is 6.49. The summed E-state index contributed by atoms with van der Waals surface area (Å²) in [5.74, 6) is 1.78. The van der Waals surface area contributed by atoms with Crippen molar-refractivity contribution in [1.29, 1.82) is 0 Å². The summed E-state index contributed by atoms with van der Waals surface area (Å²) >= 11 is 6.00. The summed E-state index contributed by atoms with van der Waals surface area (Å²) in [5, 5.41) is 0.673. The summed E-state index contributed by atoms with van der Waals surface area (Å²) in [5.41, 5.74) is 2.72. The molecule has 0 N–H and O–H groups in total. The van der Waals surface area contributed by atoms with Crippen molar-refractivity contribution in [3.05, 3.63) is 53.4 Å². The van der Waals surface area contributed by atoms with Crippen LogP contribution in [-0.2, 0) is 0 Å². The van der Waals surface area contributed by atoms with Gasteiger partial charge in [0.15, 0.2) is 0 Å². The first kappa shape index (κ1) is 15.1. The second kappa shape index (κ2) is 6.24. The third kappa shape index (κ3) is 2.99. The molecule has 0 aliphatic carbocycles. The largest absolute Gasteiger partial charge is 0.488 e. The van der Waals surface area contributed by atoms with Gasteiger partial charge in [-0.3, -0.25) is 9.97 Å². The van der Waals surface area contributed by atoms with Crippen molar-refractivity contribution < 1.29 is 4.74 Å². The summed E-state index contributed by atoms with van der Waals surface area (Å²) < 4.78 is 6.11. The van der Waals surface area contributed by atoms with Crippen LogP contribution in [-0.4, -0.2) is 34.1 Å². The normalized spacial score (nSPS) is 17.4. The number of aryl methyl sites for hydroxylation is 1. The lowest BCUT2D eigenvalue weighted by atomic mass is 10.2. The molecule has 1 atom stereocenters. The number of rotatable bonds is 3.